The first-order valence-corrected chi connectivity index (χ1v) is 9.26. The highest BCUT2D eigenvalue weighted by atomic mass is 16.5. The molecular formula is C23H18N2O4. The maximum absolute atomic E-state index is 12.3. The molecule has 0 aliphatic rings. The molecule has 4 rings (SSSR count). The number of aryl methyl sites for hydroxylation is 1. The summed E-state index contributed by atoms with van der Waals surface area (Å²) < 4.78 is 5.09. The van der Waals surface area contributed by atoms with Gasteiger partial charge in [-0.25, -0.2) is 4.98 Å². The van der Waals surface area contributed by atoms with Crippen LogP contribution >= 0.6 is 0 Å². The number of nitrogens with zero attached hydrogens (tertiary/aromatic N) is 1. The van der Waals surface area contributed by atoms with E-state index in [4.69, 9.17) is 4.74 Å². The van der Waals surface area contributed by atoms with Gasteiger partial charge in [-0.05, 0) is 29.0 Å². The van der Waals surface area contributed by atoms with Crippen molar-refractivity contribution in [2.24, 2.45) is 0 Å². The van der Waals surface area contributed by atoms with E-state index in [0.29, 0.717) is 16.6 Å². The van der Waals surface area contributed by atoms with Gasteiger partial charge >= 0.3 is 5.97 Å². The normalized spacial score (nSPS) is 10.9. The summed E-state index contributed by atoms with van der Waals surface area (Å²) in [6, 6.07) is 20.3. The van der Waals surface area contributed by atoms with Crippen LogP contribution < -0.4 is 5.56 Å². The standard InChI is InChI=1S/C23H18N2O4/c26-21(17-10-9-15-5-1-2-6-16(15)13-17)14-29-22(27)12-11-20-23(28)25-19-8-4-3-7-18(19)24-20/h1-10,13H,11-12,14H2,(H,25,28). The number of Topliss-reactive ketones (excluding diaryl/α,β-unsaturated/α-hetero) is 1. The van der Waals surface area contributed by atoms with E-state index in [0.717, 1.165) is 10.8 Å². The largest absolute Gasteiger partial charge is 0.457 e. The fourth-order valence-electron chi connectivity index (χ4n) is 3.12. The van der Waals surface area contributed by atoms with Crippen molar-refractivity contribution in [3.05, 3.63) is 88.3 Å². The molecule has 0 atom stereocenters. The Morgan fingerprint density at radius 2 is 1.69 bits per heavy atom. The summed E-state index contributed by atoms with van der Waals surface area (Å²) in [6.07, 6.45) is 0.114. The number of aromatic amines is 1. The van der Waals surface area contributed by atoms with E-state index < -0.39 is 5.97 Å². The van der Waals surface area contributed by atoms with Gasteiger partial charge in [0.25, 0.3) is 5.56 Å². The second kappa shape index (κ2) is 8.06. The Morgan fingerprint density at radius 1 is 0.931 bits per heavy atom. The minimum absolute atomic E-state index is 0.0284. The quantitative estimate of drug-likeness (QED) is 0.405. The van der Waals surface area contributed by atoms with E-state index in [9.17, 15) is 14.4 Å². The zero-order valence-electron chi connectivity index (χ0n) is 15.6. The summed E-state index contributed by atoms with van der Waals surface area (Å²) in [5.41, 5.74) is 1.72. The van der Waals surface area contributed by atoms with E-state index in [1.807, 2.05) is 42.5 Å². The molecule has 1 aromatic heterocycles. The number of benzene rings is 3. The second-order valence-corrected chi connectivity index (χ2v) is 6.68. The van der Waals surface area contributed by atoms with E-state index in [1.165, 1.54) is 0 Å². The zero-order valence-corrected chi connectivity index (χ0v) is 15.6. The summed E-state index contributed by atoms with van der Waals surface area (Å²) in [7, 11) is 0. The van der Waals surface area contributed by atoms with Crippen molar-refractivity contribution in [2.45, 2.75) is 12.8 Å². The minimum Gasteiger partial charge on any atom is -0.457 e. The molecule has 0 fully saturated rings. The van der Waals surface area contributed by atoms with Crippen LogP contribution in [0.2, 0.25) is 0 Å². The SMILES string of the molecule is O=C(CCc1nc2ccccc2[nH]c1=O)OCC(=O)c1ccc2ccccc2c1. The maximum atomic E-state index is 12.3. The number of para-hydroxylation sites is 2. The van der Waals surface area contributed by atoms with E-state index in [2.05, 4.69) is 9.97 Å². The zero-order chi connectivity index (χ0) is 20.2. The molecule has 6 heteroatoms. The van der Waals surface area contributed by atoms with Gasteiger partial charge < -0.3 is 9.72 Å². The number of H-pyrrole nitrogens is 1. The van der Waals surface area contributed by atoms with Crippen LogP contribution in [0.15, 0.2) is 71.5 Å². The Kier molecular flexibility index (Phi) is 5.16. The molecule has 6 nitrogen and oxygen atoms in total. The van der Waals surface area contributed by atoms with Gasteiger partial charge in [-0.3, -0.25) is 14.4 Å². The van der Waals surface area contributed by atoms with Gasteiger partial charge in [0.05, 0.1) is 17.5 Å². The first kappa shape index (κ1) is 18.6. The van der Waals surface area contributed by atoms with Crippen LogP contribution in [0, 0.1) is 0 Å². The van der Waals surface area contributed by atoms with Crippen molar-refractivity contribution >= 4 is 33.6 Å². The lowest BCUT2D eigenvalue weighted by Crippen LogP contribution is -2.18. The smallest absolute Gasteiger partial charge is 0.306 e. The number of nitrogens with one attached hydrogen (secondary N) is 1. The molecule has 1 heterocycles. The van der Waals surface area contributed by atoms with E-state index in [1.54, 1.807) is 24.3 Å². The third kappa shape index (κ3) is 4.21. The molecule has 0 aliphatic carbocycles. The number of esters is 1. The highest BCUT2D eigenvalue weighted by Crippen LogP contribution is 2.16. The van der Waals surface area contributed by atoms with Crippen molar-refractivity contribution < 1.29 is 14.3 Å². The van der Waals surface area contributed by atoms with Crippen molar-refractivity contribution in [3.63, 3.8) is 0 Å². The van der Waals surface area contributed by atoms with Crippen molar-refractivity contribution in [1.29, 1.82) is 0 Å². The number of fused-ring (bicyclic) bond motifs is 2. The summed E-state index contributed by atoms with van der Waals surface area (Å²) in [6.45, 7) is -0.335. The Hall–Kier alpha value is -3.80. The van der Waals surface area contributed by atoms with Crippen LogP contribution in [0.25, 0.3) is 21.8 Å². The third-order valence-corrected chi connectivity index (χ3v) is 4.67. The van der Waals surface area contributed by atoms with Gasteiger partial charge in [0, 0.05) is 12.0 Å². The Labute approximate surface area is 166 Å². The molecule has 0 bridgehead atoms. The molecule has 3 aromatic carbocycles. The molecule has 4 aromatic rings. The monoisotopic (exact) mass is 386 g/mol. The van der Waals surface area contributed by atoms with E-state index >= 15 is 0 Å². The first-order valence-electron chi connectivity index (χ1n) is 9.26. The predicted molar refractivity (Wildman–Crippen MR) is 110 cm³/mol. The second-order valence-electron chi connectivity index (χ2n) is 6.68. The number of hydrogen-bond acceptors (Lipinski definition) is 5. The molecule has 1 N–H and O–H groups in total. The summed E-state index contributed by atoms with van der Waals surface area (Å²) >= 11 is 0. The van der Waals surface area contributed by atoms with Gasteiger partial charge in [0.2, 0.25) is 0 Å². The molecule has 0 aliphatic heterocycles. The minimum atomic E-state index is -0.548. The number of ether oxygens (including phenoxy) is 1. The van der Waals surface area contributed by atoms with Gasteiger partial charge in [-0.2, -0.15) is 0 Å². The predicted octanol–water partition coefficient (Wildman–Crippen LogP) is 3.44. The highest BCUT2D eigenvalue weighted by Gasteiger charge is 2.12. The molecule has 144 valence electrons. The van der Waals surface area contributed by atoms with Crippen molar-refractivity contribution in [2.75, 3.05) is 6.61 Å². The lowest BCUT2D eigenvalue weighted by atomic mass is 10.0. The van der Waals surface area contributed by atoms with Crippen molar-refractivity contribution in [3.8, 4) is 0 Å². The van der Waals surface area contributed by atoms with Gasteiger partial charge in [0.15, 0.2) is 12.4 Å². The van der Waals surface area contributed by atoms with E-state index in [-0.39, 0.29) is 36.5 Å². The molecule has 0 unspecified atom stereocenters. The average molecular weight is 386 g/mol. The molecule has 0 radical (unpaired) electrons. The fraction of sp³-hybridized carbons (Fsp3) is 0.130. The Bertz CT molecular complexity index is 1280. The lowest BCUT2D eigenvalue weighted by Gasteiger charge is -2.06. The number of carbonyl (C=O) groups excluding carboxylic acids is 2. The van der Waals surface area contributed by atoms with Crippen LogP contribution in [0.4, 0.5) is 0 Å². The fourth-order valence-corrected chi connectivity index (χ4v) is 3.12. The number of hydrogen-bond donors (Lipinski definition) is 1. The van der Waals surface area contributed by atoms with Crippen LogP contribution in [0.1, 0.15) is 22.5 Å². The Balaban J connectivity index is 1.35. The summed E-state index contributed by atoms with van der Waals surface area (Å²) in [5.74, 6) is -0.820. The average Bonchev–Trinajstić information content (AvgIpc) is 2.75. The number of rotatable bonds is 6. The van der Waals surface area contributed by atoms with Gasteiger partial charge in [-0.1, -0.05) is 48.5 Å². The molecule has 29 heavy (non-hydrogen) atoms. The lowest BCUT2D eigenvalue weighted by molar-refractivity contribution is -0.142. The first-order chi connectivity index (χ1) is 14.1. The molecule has 0 saturated carbocycles. The van der Waals surface area contributed by atoms with Crippen molar-refractivity contribution in [1.82, 2.24) is 9.97 Å². The van der Waals surface area contributed by atoms with Crippen LogP contribution in [0.5, 0.6) is 0 Å². The van der Waals surface area contributed by atoms with Gasteiger partial charge in [0.1, 0.15) is 5.69 Å². The third-order valence-electron chi connectivity index (χ3n) is 4.67. The molecule has 0 amide bonds. The van der Waals surface area contributed by atoms with Crippen LogP contribution in [0.3, 0.4) is 0 Å². The van der Waals surface area contributed by atoms with Crippen LogP contribution in [-0.4, -0.2) is 28.3 Å². The Morgan fingerprint density at radius 3 is 2.55 bits per heavy atom. The van der Waals surface area contributed by atoms with Gasteiger partial charge in [-0.15, -0.1) is 0 Å². The molecule has 0 spiro atoms. The summed E-state index contributed by atoms with van der Waals surface area (Å²) in [5, 5.41) is 1.99. The van der Waals surface area contributed by atoms with Crippen LogP contribution in [-0.2, 0) is 16.0 Å². The summed E-state index contributed by atoms with van der Waals surface area (Å²) in [4.78, 5) is 43.5. The maximum Gasteiger partial charge on any atom is 0.306 e. The molecule has 0 saturated heterocycles. The number of aromatic nitrogens is 2. The number of ketones is 1. The highest BCUT2D eigenvalue weighted by molar-refractivity contribution is 6.01. The number of carbonyl (C=O) groups is 2. The topological polar surface area (TPSA) is 89.1 Å². The molecular weight excluding hydrogens is 368 g/mol.